The zero-order chi connectivity index (χ0) is 21.2. The van der Waals surface area contributed by atoms with E-state index in [9.17, 15) is 4.79 Å². The first kappa shape index (κ1) is 20.6. The monoisotopic (exact) mass is 391 g/mol. The second kappa shape index (κ2) is 8.11. The Balaban J connectivity index is 1.77. The van der Waals surface area contributed by atoms with Gasteiger partial charge in [0.15, 0.2) is 0 Å². The quantitative estimate of drug-likeness (QED) is 0.584. The molecule has 0 saturated carbocycles. The predicted octanol–water partition coefficient (Wildman–Crippen LogP) is 4.87. The Hall–Kier alpha value is -3.08. The summed E-state index contributed by atoms with van der Waals surface area (Å²) in [5.41, 5.74) is 7.69. The van der Waals surface area contributed by atoms with Crippen molar-refractivity contribution in [2.75, 3.05) is 12.0 Å². The number of amides is 1. The molecule has 0 aromatic heterocycles. The number of hydrogen-bond donors (Lipinski definition) is 1. The lowest BCUT2D eigenvalue weighted by Crippen LogP contribution is -2.49. The first-order valence-corrected chi connectivity index (χ1v) is 9.83. The number of benzene rings is 2. The van der Waals surface area contributed by atoms with E-state index in [0.717, 1.165) is 5.56 Å². The number of hydrogen-bond acceptors (Lipinski definition) is 4. The molecule has 0 unspecified atom stereocenters. The molecule has 0 bridgehead atoms. The highest BCUT2D eigenvalue weighted by atomic mass is 16.5. The van der Waals surface area contributed by atoms with Crippen molar-refractivity contribution >= 4 is 23.4 Å². The molecule has 1 aliphatic heterocycles. The number of rotatable bonds is 5. The summed E-state index contributed by atoms with van der Waals surface area (Å²) < 4.78 is 5.11. The number of hydrazone groups is 1. The van der Waals surface area contributed by atoms with E-state index < -0.39 is 0 Å². The number of carbonyl (C=O) groups excluding carboxylic acids is 1. The average Bonchev–Trinajstić information content (AvgIpc) is 2.67. The fourth-order valence-electron chi connectivity index (χ4n) is 4.06. The summed E-state index contributed by atoms with van der Waals surface area (Å²) >= 11 is 0. The van der Waals surface area contributed by atoms with Crippen LogP contribution in [0.4, 0.5) is 5.69 Å². The Kier molecular flexibility index (Phi) is 5.78. The molecule has 2 aromatic rings. The number of anilines is 1. The maximum atomic E-state index is 12.2. The molecule has 3 rings (SSSR count). The van der Waals surface area contributed by atoms with Crippen LogP contribution in [-0.2, 0) is 0 Å². The summed E-state index contributed by atoms with van der Waals surface area (Å²) in [6.45, 7) is 11.0. The van der Waals surface area contributed by atoms with Gasteiger partial charge in [0.2, 0.25) is 0 Å². The van der Waals surface area contributed by atoms with E-state index in [-0.39, 0.29) is 11.4 Å². The molecule has 0 radical (unpaired) electrons. The zero-order valence-corrected chi connectivity index (χ0v) is 18.0. The van der Waals surface area contributed by atoms with Gasteiger partial charge in [-0.2, -0.15) is 5.10 Å². The minimum Gasteiger partial charge on any atom is -0.497 e. The summed E-state index contributed by atoms with van der Waals surface area (Å²) in [4.78, 5) is 14.7. The van der Waals surface area contributed by atoms with Crippen LogP contribution in [0.3, 0.4) is 0 Å². The van der Waals surface area contributed by atoms with E-state index in [1.807, 2.05) is 6.07 Å². The molecule has 1 amide bonds. The van der Waals surface area contributed by atoms with Crippen LogP contribution >= 0.6 is 0 Å². The van der Waals surface area contributed by atoms with E-state index in [1.54, 1.807) is 37.6 Å². The van der Waals surface area contributed by atoms with Gasteiger partial charge in [0.05, 0.1) is 18.9 Å². The van der Waals surface area contributed by atoms with Crippen molar-refractivity contribution < 1.29 is 9.53 Å². The number of methoxy groups -OCH3 is 1. The summed E-state index contributed by atoms with van der Waals surface area (Å²) in [6.07, 6.45) is 3.98. The minimum absolute atomic E-state index is 0.0345. The van der Waals surface area contributed by atoms with Gasteiger partial charge in [-0.3, -0.25) is 4.79 Å². The smallest absolute Gasteiger partial charge is 0.271 e. The molecule has 0 spiro atoms. The first-order chi connectivity index (χ1) is 13.7. The van der Waals surface area contributed by atoms with Crippen LogP contribution in [0.1, 0.15) is 56.1 Å². The largest absolute Gasteiger partial charge is 0.497 e. The van der Waals surface area contributed by atoms with Gasteiger partial charge in [-0.25, -0.2) is 5.43 Å². The van der Waals surface area contributed by atoms with E-state index in [2.05, 4.69) is 68.3 Å². The lowest BCUT2D eigenvalue weighted by atomic mass is 9.87. The molecule has 1 N–H and O–H groups in total. The van der Waals surface area contributed by atoms with Crippen LogP contribution < -0.4 is 15.1 Å². The van der Waals surface area contributed by atoms with Crippen LogP contribution in [0, 0.1) is 0 Å². The lowest BCUT2D eigenvalue weighted by Gasteiger charge is -2.46. The number of fused-ring (bicyclic) bond motifs is 1. The Morgan fingerprint density at radius 2 is 1.86 bits per heavy atom. The van der Waals surface area contributed by atoms with Gasteiger partial charge >= 0.3 is 0 Å². The summed E-state index contributed by atoms with van der Waals surface area (Å²) in [6, 6.07) is 13.6. The van der Waals surface area contributed by atoms with Crippen LogP contribution in [0.2, 0.25) is 0 Å². The molecule has 0 atom stereocenters. The third kappa shape index (κ3) is 4.34. The highest BCUT2D eigenvalue weighted by Crippen LogP contribution is 2.40. The SMILES string of the molecule is COc1ccc(C(=O)N/N=C\c2ccc3c(c2)C(C)=CC(C)(C)N3C(C)C)cc1. The van der Waals surface area contributed by atoms with Crippen molar-refractivity contribution in [3.63, 3.8) is 0 Å². The molecule has 5 nitrogen and oxygen atoms in total. The van der Waals surface area contributed by atoms with Crippen molar-refractivity contribution in [2.24, 2.45) is 5.10 Å². The molecule has 5 heteroatoms. The van der Waals surface area contributed by atoms with Crippen LogP contribution in [-0.4, -0.2) is 30.8 Å². The molecule has 29 heavy (non-hydrogen) atoms. The molecular formula is C24H29N3O2. The molecule has 0 aliphatic carbocycles. The molecule has 0 fully saturated rings. The highest BCUT2D eigenvalue weighted by molar-refractivity contribution is 5.95. The van der Waals surface area contributed by atoms with Gasteiger partial charge in [0, 0.05) is 22.9 Å². The van der Waals surface area contributed by atoms with Gasteiger partial charge in [-0.05, 0) is 82.2 Å². The number of ether oxygens (including phenoxy) is 1. The fraction of sp³-hybridized carbons (Fsp3) is 0.333. The Morgan fingerprint density at radius 1 is 1.17 bits per heavy atom. The molecule has 1 heterocycles. The molecule has 2 aromatic carbocycles. The van der Waals surface area contributed by atoms with Gasteiger partial charge in [-0.15, -0.1) is 0 Å². The van der Waals surface area contributed by atoms with Gasteiger partial charge in [-0.1, -0.05) is 12.1 Å². The summed E-state index contributed by atoms with van der Waals surface area (Å²) in [7, 11) is 1.59. The fourth-order valence-corrected chi connectivity index (χ4v) is 4.06. The molecule has 152 valence electrons. The van der Waals surface area contributed by atoms with E-state index in [0.29, 0.717) is 17.4 Å². The number of nitrogens with one attached hydrogen (secondary N) is 1. The standard InChI is InChI=1S/C24H29N3O2/c1-16(2)27-22-12-7-18(13-21(22)17(3)14-24(27,4)5)15-25-26-23(28)19-8-10-20(29-6)11-9-19/h7-16H,1-6H3,(H,26,28)/b25-15-. The number of nitrogens with zero attached hydrogens (tertiary/aromatic N) is 2. The first-order valence-electron chi connectivity index (χ1n) is 9.83. The maximum Gasteiger partial charge on any atom is 0.271 e. The van der Waals surface area contributed by atoms with Crippen LogP contribution in [0.15, 0.2) is 53.6 Å². The average molecular weight is 392 g/mol. The van der Waals surface area contributed by atoms with Crippen molar-refractivity contribution in [1.82, 2.24) is 5.43 Å². The highest BCUT2D eigenvalue weighted by Gasteiger charge is 2.32. The van der Waals surface area contributed by atoms with Gasteiger partial charge in [0.1, 0.15) is 5.75 Å². The van der Waals surface area contributed by atoms with Crippen molar-refractivity contribution in [3.8, 4) is 5.75 Å². The van der Waals surface area contributed by atoms with Crippen molar-refractivity contribution in [1.29, 1.82) is 0 Å². The second-order valence-corrected chi connectivity index (χ2v) is 8.15. The van der Waals surface area contributed by atoms with Crippen molar-refractivity contribution in [2.45, 2.75) is 46.2 Å². The van der Waals surface area contributed by atoms with E-state index in [4.69, 9.17) is 4.74 Å². The van der Waals surface area contributed by atoms with Crippen LogP contribution in [0.5, 0.6) is 5.75 Å². The normalized spacial score (nSPS) is 15.3. The zero-order valence-electron chi connectivity index (χ0n) is 18.0. The van der Waals surface area contributed by atoms with Crippen molar-refractivity contribution in [3.05, 3.63) is 65.2 Å². The Morgan fingerprint density at radius 3 is 2.48 bits per heavy atom. The Bertz CT molecular complexity index is 957. The van der Waals surface area contributed by atoms with E-state index in [1.165, 1.54) is 16.8 Å². The van der Waals surface area contributed by atoms with Gasteiger partial charge in [0.25, 0.3) is 5.91 Å². The Labute approximate surface area is 173 Å². The third-order valence-corrected chi connectivity index (χ3v) is 5.14. The van der Waals surface area contributed by atoms with E-state index >= 15 is 0 Å². The van der Waals surface area contributed by atoms with Gasteiger partial charge < -0.3 is 9.64 Å². The second-order valence-electron chi connectivity index (χ2n) is 8.15. The summed E-state index contributed by atoms with van der Waals surface area (Å²) in [5, 5.41) is 4.13. The topological polar surface area (TPSA) is 53.9 Å². The maximum absolute atomic E-state index is 12.2. The summed E-state index contributed by atoms with van der Waals surface area (Å²) in [5.74, 6) is 0.451. The molecule has 0 saturated heterocycles. The van der Waals surface area contributed by atoms with Crippen LogP contribution in [0.25, 0.3) is 5.57 Å². The number of carbonyl (C=O) groups is 1. The predicted molar refractivity (Wildman–Crippen MR) is 120 cm³/mol. The number of allylic oxidation sites excluding steroid dienone is 1. The third-order valence-electron chi connectivity index (χ3n) is 5.14. The molecular weight excluding hydrogens is 362 g/mol. The molecule has 1 aliphatic rings. The minimum atomic E-state index is -0.259. The lowest BCUT2D eigenvalue weighted by molar-refractivity contribution is 0.0955.